The van der Waals surface area contributed by atoms with Crippen LogP contribution in [0.4, 0.5) is 0 Å². The molecule has 0 radical (unpaired) electrons. The molecule has 0 saturated carbocycles. The maximum absolute atomic E-state index is 10.5. The number of hydrogen-bond donors (Lipinski definition) is 2. The van der Waals surface area contributed by atoms with Crippen LogP contribution in [0.25, 0.3) is 0 Å². The van der Waals surface area contributed by atoms with Crippen molar-refractivity contribution < 1.29 is 5.11 Å². The van der Waals surface area contributed by atoms with Crippen molar-refractivity contribution in [3.8, 4) is 0 Å². The van der Waals surface area contributed by atoms with E-state index >= 15 is 0 Å². The van der Waals surface area contributed by atoms with E-state index in [1.807, 2.05) is 6.20 Å². The van der Waals surface area contributed by atoms with E-state index in [9.17, 15) is 5.11 Å². The molecule has 14 heavy (non-hydrogen) atoms. The Morgan fingerprint density at radius 3 is 3.14 bits per heavy atom. The Hall–Kier alpha value is -0.760. The van der Waals surface area contributed by atoms with Crippen LogP contribution in [0.3, 0.4) is 0 Å². The third-order valence-electron chi connectivity index (χ3n) is 3.47. The van der Waals surface area contributed by atoms with E-state index in [0.717, 1.165) is 32.2 Å². The highest BCUT2D eigenvalue weighted by molar-refractivity contribution is 5.38. The lowest BCUT2D eigenvalue weighted by Gasteiger charge is -2.30. The van der Waals surface area contributed by atoms with Crippen molar-refractivity contribution in [1.29, 1.82) is 0 Å². The molecule has 0 aromatic rings. The number of dihydropyridines is 1. The van der Waals surface area contributed by atoms with Crippen LogP contribution < -0.4 is 5.32 Å². The molecule has 0 spiro atoms. The fourth-order valence-corrected chi connectivity index (χ4v) is 2.50. The zero-order chi connectivity index (χ0) is 10.0. The van der Waals surface area contributed by atoms with Gasteiger partial charge in [0, 0.05) is 6.54 Å². The largest absolute Gasteiger partial charge is 0.387 e. The molecule has 2 rings (SSSR count). The molecular formula is C12H19NO. The average Bonchev–Trinajstić information content (AvgIpc) is 2.40. The minimum atomic E-state index is -0.551. The lowest BCUT2D eigenvalue weighted by Crippen LogP contribution is -2.32. The van der Waals surface area contributed by atoms with Crippen LogP contribution in [0.5, 0.6) is 0 Å². The molecule has 0 saturated heterocycles. The highest BCUT2D eigenvalue weighted by atomic mass is 16.3. The normalized spacial score (nSPS) is 32.1. The van der Waals surface area contributed by atoms with Gasteiger partial charge in [-0.2, -0.15) is 0 Å². The molecule has 0 aromatic heterocycles. The summed E-state index contributed by atoms with van der Waals surface area (Å²) in [6.45, 7) is 3.00. The third kappa shape index (κ3) is 1.59. The molecule has 2 aliphatic rings. The van der Waals surface area contributed by atoms with Gasteiger partial charge in [-0.05, 0) is 55.5 Å². The van der Waals surface area contributed by atoms with Gasteiger partial charge in [0.25, 0.3) is 0 Å². The molecule has 2 N–H and O–H groups in total. The monoisotopic (exact) mass is 193 g/mol. The van der Waals surface area contributed by atoms with Gasteiger partial charge in [0.1, 0.15) is 0 Å². The first-order valence-corrected chi connectivity index (χ1v) is 5.61. The quantitative estimate of drug-likeness (QED) is 0.668. The maximum atomic E-state index is 10.5. The van der Waals surface area contributed by atoms with Crippen LogP contribution >= 0.6 is 0 Å². The Morgan fingerprint density at radius 1 is 1.50 bits per heavy atom. The molecule has 1 unspecified atom stereocenters. The summed E-state index contributed by atoms with van der Waals surface area (Å²) in [4.78, 5) is 0. The number of aliphatic hydroxyl groups is 1. The van der Waals surface area contributed by atoms with Gasteiger partial charge in [0.15, 0.2) is 0 Å². The summed E-state index contributed by atoms with van der Waals surface area (Å²) in [7, 11) is 0. The summed E-state index contributed by atoms with van der Waals surface area (Å²) in [6.07, 6.45) is 9.29. The van der Waals surface area contributed by atoms with Crippen LogP contribution in [0.15, 0.2) is 23.4 Å². The fraction of sp³-hybridized carbons (Fsp3) is 0.667. The molecule has 78 valence electrons. The van der Waals surface area contributed by atoms with Crippen LogP contribution in [-0.4, -0.2) is 17.3 Å². The van der Waals surface area contributed by atoms with E-state index in [1.165, 1.54) is 17.6 Å². The molecule has 0 fully saturated rings. The lowest BCUT2D eigenvalue weighted by atomic mass is 9.84. The van der Waals surface area contributed by atoms with Crippen LogP contribution in [0, 0.1) is 0 Å². The van der Waals surface area contributed by atoms with Crippen LogP contribution in [0.2, 0.25) is 0 Å². The number of rotatable bonds is 1. The van der Waals surface area contributed by atoms with Gasteiger partial charge in [0.2, 0.25) is 0 Å². The standard InChI is InChI=1S/C12H19NO/c1-2-12(14)7-4-3-5-10-9-13-8-6-11(10)12/h6,8,13-14H,2-5,7,9H2,1H3. The molecule has 2 heteroatoms. The predicted molar refractivity (Wildman–Crippen MR) is 57.9 cm³/mol. The van der Waals surface area contributed by atoms with Gasteiger partial charge < -0.3 is 10.4 Å². The fourth-order valence-electron chi connectivity index (χ4n) is 2.50. The molecule has 2 nitrogen and oxygen atoms in total. The molecule has 1 aliphatic heterocycles. The first kappa shape index (κ1) is 9.78. The minimum absolute atomic E-state index is 0.551. The maximum Gasteiger partial charge on any atom is 0.0894 e. The summed E-state index contributed by atoms with van der Waals surface area (Å²) in [6, 6.07) is 0. The average molecular weight is 193 g/mol. The van der Waals surface area contributed by atoms with Gasteiger partial charge in [0.05, 0.1) is 5.60 Å². The molecule has 0 amide bonds. The van der Waals surface area contributed by atoms with Crippen LogP contribution in [-0.2, 0) is 0 Å². The lowest BCUT2D eigenvalue weighted by molar-refractivity contribution is 0.0671. The first-order valence-electron chi connectivity index (χ1n) is 5.61. The molecular weight excluding hydrogens is 174 g/mol. The molecule has 1 aliphatic carbocycles. The Kier molecular flexibility index (Phi) is 2.64. The smallest absolute Gasteiger partial charge is 0.0894 e. The van der Waals surface area contributed by atoms with Gasteiger partial charge in [-0.15, -0.1) is 0 Å². The van der Waals surface area contributed by atoms with Crippen molar-refractivity contribution in [2.75, 3.05) is 6.54 Å². The Balaban J connectivity index is 2.36. The van der Waals surface area contributed by atoms with Crippen molar-refractivity contribution in [2.24, 2.45) is 0 Å². The van der Waals surface area contributed by atoms with E-state index in [0.29, 0.717) is 0 Å². The second-order valence-corrected chi connectivity index (χ2v) is 4.32. The predicted octanol–water partition coefficient (Wildman–Crippen LogP) is 2.12. The summed E-state index contributed by atoms with van der Waals surface area (Å²) >= 11 is 0. The molecule has 1 atom stereocenters. The minimum Gasteiger partial charge on any atom is -0.387 e. The van der Waals surface area contributed by atoms with Crippen molar-refractivity contribution in [3.05, 3.63) is 23.4 Å². The van der Waals surface area contributed by atoms with Crippen molar-refractivity contribution in [2.45, 2.75) is 44.6 Å². The second kappa shape index (κ2) is 3.77. The van der Waals surface area contributed by atoms with Gasteiger partial charge in [-0.25, -0.2) is 0 Å². The van der Waals surface area contributed by atoms with Crippen molar-refractivity contribution >= 4 is 0 Å². The summed E-state index contributed by atoms with van der Waals surface area (Å²) in [5.74, 6) is 0. The number of hydrogen-bond acceptors (Lipinski definition) is 2. The highest BCUT2D eigenvalue weighted by Crippen LogP contribution is 2.36. The SMILES string of the molecule is CCC1(O)CCCCC2=C1C=CNC2. The van der Waals surface area contributed by atoms with E-state index in [2.05, 4.69) is 18.3 Å². The van der Waals surface area contributed by atoms with E-state index in [4.69, 9.17) is 0 Å². The van der Waals surface area contributed by atoms with Crippen molar-refractivity contribution in [3.63, 3.8) is 0 Å². The Morgan fingerprint density at radius 2 is 2.36 bits per heavy atom. The highest BCUT2D eigenvalue weighted by Gasteiger charge is 2.32. The van der Waals surface area contributed by atoms with E-state index < -0.39 is 5.60 Å². The molecule has 0 bridgehead atoms. The number of nitrogens with one attached hydrogen (secondary N) is 1. The molecule has 0 aromatic carbocycles. The van der Waals surface area contributed by atoms with Crippen molar-refractivity contribution in [1.82, 2.24) is 5.32 Å². The Labute approximate surface area is 85.7 Å². The summed E-state index contributed by atoms with van der Waals surface area (Å²) in [5, 5.41) is 13.7. The Bertz CT molecular complexity index is 280. The van der Waals surface area contributed by atoms with Gasteiger partial charge in [-0.1, -0.05) is 6.92 Å². The van der Waals surface area contributed by atoms with E-state index in [1.54, 1.807) is 0 Å². The zero-order valence-electron chi connectivity index (χ0n) is 8.84. The second-order valence-electron chi connectivity index (χ2n) is 4.32. The first-order chi connectivity index (χ1) is 6.76. The molecule has 1 heterocycles. The van der Waals surface area contributed by atoms with E-state index in [-0.39, 0.29) is 0 Å². The zero-order valence-corrected chi connectivity index (χ0v) is 8.84. The van der Waals surface area contributed by atoms with Gasteiger partial charge >= 0.3 is 0 Å². The van der Waals surface area contributed by atoms with Gasteiger partial charge in [-0.3, -0.25) is 0 Å². The summed E-state index contributed by atoms with van der Waals surface area (Å²) < 4.78 is 0. The summed E-state index contributed by atoms with van der Waals surface area (Å²) in [5.41, 5.74) is 2.05. The topological polar surface area (TPSA) is 32.3 Å². The van der Waals surface area contributed by atoms with Crippen LogP contribution in [0.1, 0.15) is 39.0 Å². The third-order valence-corrected chi connectivity index (χ3v) is 3.47.